The quantitative estimate of drug-likeness (QED) is 0.158. The van der Waals surface area contributed by atoms with Gasteiger partial charge in [0, 0.05) is 66.3 Å². The molecular weight excluding hydrogens is 977 g/mol. The number of nitrogens with zero attached hydrogens (tertiary/aromatic N) is 8. The van der Waals surface area contributed by atoms with Crippen LogP contribution in [0.1, 0.15) is 33.7 Å². The highest BCUT2D eigenvalue weighted by atomic mass is 15.1. The van der Waals surface area contributed by atoms with Crippen LogP contribution in [0.5, 0.6) is 0 Å². The maximum absolute atomic E-state index is 10.8. The van der Waals surface area contributed by atoms with Crippen molar-refractivity contribution in [3.05, 3.63) is 277 Å². The summed E-state index contributed by atoms with van der Waals surface area (Å²) in [5.74, 6) is 1.08. The molecule has 11 aromatic carbocycles. The minimum atomic E-state index is -0.313. The number of para-hydroxylation sites is 5. The van der Waals surface area contributed by atoms with Gasteiger partial charge in [-0.1, -0.05) is 158 Å². The van der Waals surface area contributed by atoms with Crippen LogP contribution in [0.15, 0.2) is 249 Å². The maximum Gasteiger partial charge on any atom is 0.166 e. The Bertz CT molecular complexity index is 5150. The number of hydrogen-bond acceptors (Lipinski definition) is 5. The average molecular weight is 1020 g/mol. The average Bonchev–Trinajstić information content (AvgIpc) is 4.45. The minimum absolute atomic E-state index is 0.313. The zero-order valence-corrected chi connectivity index (χ0v) is 42.8. The molecule has 0 N–H and O–H groups in total. The second kappa shape index (κ2) is 17.7. The van der Waals surface area contributed by atoms with Crippen LogP contribution in [0, 0.1) is 22.7 Å². The molecule has 15 aromatic rings. The third-order valence-corrected chi connectivity index (χ3v) is 16.2. The standard InChI is InChI=1S/C72H42N8/c73-42-44-32-34-54(58(40-44)65-51-26-11-10-24-49(51)52-36-38-62-66(68(52)65)55-27-13-16-30-60(55)78(62)47-20-6-2-7-21-47)71-75-70(46-18-4-1-5-19-46)76-72(77-71)57-35-33-45(43-74)41-64(57)80-59-29-15-12-25-50(59)53-37-39-63-67(69(53)80)56-28-14-17-31-61(56)79(63)48-22-8-3-9-23-48/h1-41,65H. The SMILES string of the molecule is N#Cc1ccc(-c2nc(-c3ccccc3)nc(-c3ccc(C#N)cc3-n3c4ccccc4c4ccc5c(c6ccccc6n5-c5ccccc5)c43)n2)c(C2c3ccccc3-c3ccc4c(c32)c2ccccc2n4-c2ccccc2)c1. The van der Waals surface area contributed by atoms with E-state index in [1.807, 2.05) is 72.8 Å². The van der Waals surface area contributed by atoms with Crippen molar-refractivity contribution in [2.24, 2.45) is 0 Å². The second-order valence-corrected chi connectivity index (χ2v) is 20.5. The summed E-state index contributed by atoms with van der Waals surface area (Å²) in [4.78, 5) is 16.4. The van der Waals surface area contributed by atoms with E-state index < -0.39 is 0 Å². The van der Waals surface area contributed by atoms with Crippen molar-refractivity contribution < 1.29 is 0 Å². The van der Waals surface area contributed by atoms with Crippen LogP contribution in [0.2, 0.25) is 0 Å². The van der Waals surface area contributed by atoms with E-state index in [2.05, 4.69) is 202 Å². The first kappa shape index (κ1) is 45.0. The Morgan fingerprint density at radius 3 is 1.51 bits per heavy atom. The molecule has 8 nitrogen and oxygen atoms in total. The highest BCUT2D eigenvalue weighted by Gasteiger charge is 2.36. The molecule has 0 bridgehead atoms. The summed E-state index contributed by atoms with van der Waals surface area (Å²) in [6.07, 6.45) is 0. The van der Waals surface area contributed by atoms with E-state index in [4.69, 9.17) is 15.0 Å². The first-order valence-electron chi connectivity index (χ1n) is 26.8. The molecule has 80 heavy (non-hydrogen) atoms. The Hall–Kier alpha value is -11.2. The van der Waals surface area contributed by atoms with Gasteiger partial charge in [0.1, 0.15) is 0 Å². The number of rotatable bonds is 7. The number of fused-ring (bicyclic) bond motifs is 14. The van der Waals surface area contributed by atoms with Gasteiger partial charge in [-0.2, -0.15) is 10.5 Å². The molecule has 0 spiro atoms. The monoisotopic (exact) mass is 1020 g/mol. The van der Waals surface area contributed by atoms with Gasteiger partial charge in [0.15, 0.2) is 17.5 Å². The summed E-state index contributed by atoms with van der Waals surface area (Å²) >= 11 is 0. The first-order valence-corrected chi connectivity index (χ1v) is 26.8. The largest absolute Gasteiger partial charge is 0.309 e. The summed E-state index contributed by atoms with van der Waals surface area (Å²) in [6.45, 7) is 0. The van der Waals surface area contributed by atoms with Gasteiger partial charge in [-0.25, -0.2) is 15.0 Å². The van der Waals surface area contributed by atoms with Gasteiger partial charge in [0.25, 0.3) is 0 Å². The molecule has 370 valence electrons. The summed E-state index contributed by atoms with van der Waals surface area (Å²) in [7, 11) is 0. The molecule has 4 aromatic heterocycles. The molecule has 0 saturated carbocycles. The zero-order valence-electron chi connectivity index (χ0n) is 42.8. The summed E-state index contributed by atoms with van der Waals surface area (Å²) in [5.41, 5.74) is 18.1. The molecule has 0 fully saturated rings. The van der Waals surface area contributed by atoms with Gasteiger partial charge in [-0.15, -0.1) is 0 Å². The van der Waals surface area contributed by atoms with Crippen LogP contribution in [-0.4, -0.2) is 28.7 Å². The van der Waals surface area contributed by atoms with E-state index in [9.17, 15) is 10.5 Å². The molecule has 4 heterocycles. The third kappa shape index (κ3) is 6.64. The predicted octanol–water partition coefficient (Wildman–Crippen LogP) is 17.1. The summed E-state index contributed by atoms with van der Waals surface area (Å²) < 4.78 is 7.01. The maximum atomic E-state index is 10.8. The van der Waals surface area contributed by atoms with Gasteiger partial charge < -0.3 is 13.7 Å². The van der Waals surface area contributed by atoms with E-state index in [0.717, 1.165) is 121 Å². The van der Waals surface area contributed by atoms with Gasteiger partial charge >= 0.3 is 0 Å². The van der Waals surface area contributed by atoms with Crippen molar-refractivity contribution >= 4 is 65.4 Å². The van der Waals surface area contributed by atoms with Crippen molar-refractivity contribution in [3.8, 4) is 74.5 Å². The Kier molecular flexibility index (Phi) is 9.96. The van der Waals surface area contributed by atoms with Gasteiger partial charge in [0.2, 0.25) is 0 Å². The lowest BCUT2D eigenvalue weighted by Gasteiger charge is -2.20. The normalized spacial score (nSPS) is 12.8. The fourth-order valence-electron chi connectivity index (χ4n) is 12.9. The van der Waals surface area contributed by atoms with Gasteiger partial charge in [-0.05, 0) is 119 Å². The molecule has 0 saturated heterocycles. The molecule has 0 aliphatic heterocycles. The third-order valence-electron chi connectivity index (χ3n) is 16.2. The lowest BCUT2D eigenvalue weighted by Crippen LogP contribution is -2.07. The lowest BCUT2D eigenvalue weighted by atomic mass is 9.83. The van der Waals surface area contributed by atoms with Crippen LogP contribution in [0.3, 0.4) is 0 Å². The van der Waals surface area contributed by atoms with Crippen molar-refractivity contribution in [1.82, 2.24) is 28.7 Å². The van der Waals surface area contributed by atoms with Crippen molar-refractivity contribution in [1.29, 1.82) is 10.5 Å². The lowest BCUT2D eigenvalue weighted by molar-refractivity contribution is 1.01. The minimum Gasteiger partial charge on any atom is -0.309 e. The molecule has 8 heteroatoms. The van der Waals surface area contributed by atoms with E-state index in [-0.39, 0.29) is 5.92 Å². The smallest absolute Gasteiger partial charge is 0.166 e. The molecule has 1 aliphatic carbocycles. The zero-order chi connectivity index (χ0) is 53.0. The number of nitriles is 2. The number of benzene rings is 11. The fraction of sp³-hybridized carbons (Fsp3) is 0.0139. The fourth-order valence-corrected chi connectivity index (χ4v) is 12.9. The van der Waals surface area contributed by atoms with Crippen LogP contribution in [-0.2, 0) is 0 Å². The number of aromatic nitrogens is 6. The van der Waals surface area contributed by atoms with E-state index in [1.54, 1.807) is 0 Å². The number of hydrogen-bond donors (Lipinski definition) is 0. The molecular formula is C72H42N8. The second-order valence-electron chi connectivity index (χ2n) is 20.5. The Morgan fingerprint density at radius 2 is 0.838 bits per heavy atom. The Balaban J connectivity index is 0.981. The molecule has 1 unspecified atom stereocenters. The van der Waals surface area contributed by atoms with Crippen molar-refractivity contribution in [3.63, 3.8) is 0 Å². The highest BCUT2D eigenvalue weighted by molar-refractivity contribution is 6.26. The van der Waals surface area contributed by atoms with Crippen LogP contribution in [0.4, 0.5) is 0 Å². The van der Waals surface area contributed by atoms with Crippen LogP contribution in [0.25, 0.3) is 128 Å². The first-order chi connectivity index (χ1) is 39.6. The topological polar surface area (TPSA) is 101 Å². The molecule has 1 aliphatic rings. The summed E-state index contributed by atoms with van der Waals surface area (Å²) in [5, 5.41) is 28.2. The molecule has 0 amide bonds. The van der Waals surface area contributed by atoms with Crippen molar-refractivity contribution in [2.45, 2.75) is 5.92 Å². The molecule has 16 rings (SSSR count). The van der Waals surface area contributed by atoms with Crippen LogP contribution >= 0.6 is 0 Å². The van der Waals surface area contributed by atoms with E-state index >= 15 is 0 Å². The van der Waals surface area contributed by atoms with Crippen molar-refractivity contribution in [2.75, 3.05) is 0 Å². The van der Waals surface area contributed by atoms with E-state index in [1.165, 1.54) is 5.56 Å². The van der Waals surface area contributed by atoms with Gasteiger partial charge in [0.05, 0.1) is 62.1 Å². The predicted molar refractivity (Wildman–Crippen MR) is 321 cm³/mol. The van der Waals surface area contributed by atoms with Gasteiger partial charge in [-0.3, -0.25) is 0 Å². The summed E-state index contributed by atoms with van der Waals surface area (Å²) in [6, 6.07) is 91.2. The molecule has 0 radical (unpaired) electrons. The Labute approximate surface area is 459 Å². The highest BCUT2D eigenvalue weighted by Crippen LogP contribution is 2.54. The Morgan fingerprint density at radius 1 is 0.338 bits per heavy atom. The van der Waals surface area contributed by atoms with E-state index in [0.29, 0.717) is 28.6 Å². The van der Waals surface area contributed by atoms with Crippen LogP contribution < -0.4 is 0 Å². The molecule has 1 atom stereocenters.